The van der Waals surface area contributed by atoms with Crippen LogP contribution in [0, 0.1) is 5.92 Å². The minimum absolute atomic E-state index is 0.489. The van der Waals surface area contributed by atoms with Gasteiger partial charge >= 0.3 is 0 Å². The minimum atomic E-state index is 0.489. The Balaban J connectivity index is 1.86. The van der Waals surface area contributed by atoms with E-state index in [1.807, 2.05) is 12.1 Å². The fourth-order valence-corrected chi connectivity index (χ4v) is 3.48. The maximum absolute atomic E-state index is 5.44. The molecule has 2 unspecified atom stereocenters. The molecule has 2 atom stereocenters. The van der Waals surface area contributed by atoms with Gasteiger partial charge in [-0.05, 0) is 50.7 Å². The van der Waals surface area contributed by atoms with Crippen molar-refractivity contribution in [3.8, 4) is 5.75 Å². The Labute approximate surface area is 123 Å². The highest BCUT2D eigenvalue weighted by atomic mass is 16.5. The van der Waals surface area contributed by atoms with Crippen LogP contribution in [0.4, 0.5) is 0 Å². The normalized spacial score (nSPS) is 19.6. The van der Waals surface area contributed by atoms with Crippen molar-refractivity contribution in [1.29, 1.82) is 0 Å². The molecule has 1 N–H and O–H groups in total. The van der Waals surface area contributed by atoms with Crippen LogP contribution in [0.15, 0.2) is 24.3 Å². The topological polar surface area (TPSA) is 21.3 Å². The molecular weight excluding hydrogens is 246 g/mol. The molecular formula is C18H29NO. The van der Waals surface area contributed by atoms with Gasteiger partial charge in [-0.1, -0.05) is 37.5 Å². The molecule has 2 nitrogen and oxygen atoms in total. The van der Waals surface area contributed by atoms with Crippen LogP contribution in [0.1, 0.15) is 51.5 Å². The van der Waals surface area contributed by atoms with E-state index in [4.69, 9.17) is 4.74 Å². The van der Waals surface area contributed by atoms with E-state index in [-0.39, 0.29) is 0 Å². The van der Waals surface area contributed by atoms with E-state index in [0.717, 1.165) is 18.1 Å². The van der Waals surface area contributed by atoms with Gasteiger partial charge in [0.25, 0.3) is 0 Å². The standard InChI is InChI=1S/C18H29NO/c1-14(13-17-11-7-8-12-18(17)20-3)19-15(2)16-9-5-4-6-10-16/h7-8,11-12,14-16,19H,4-6,9-10,13H2,1-3H3. The first-order valence-corrected chi connectivity index (χ1v) is 8.08. The van der Waals surface area contributed by atoms with Crippen molar-refractivity contribution in [3.05, 3.63) is 29.8 Å². The van der Waals surface area contributed by atoms with Gasteiger partial charge in [0.2, 0.25) is 0 Å². The van der Waals surface area contributed by atoms with Crippen molar-refractivity contribution in [2.75, 3.05) is 7.11 Å². The van der Waals surface area contributed by atoms with Gasteiger partial charge in [-0.15, -0.1) is 0 Å². The maximum atomic E-state index is 5.44. The van der Waals surface area contributed by atoms with Crippen molar-refractivity contribution < 1.29 is 4.74 Å². The molecule has 0 aliphatic heterocycles. The van der Waals surface area contributed by atoms with Crippen LogP contribution in [0.25, 0.3) is 0 Å². The summed E-state index contributed by atoms with van der Waals surface area (Å²) in [4.78, 5) is 0. The molecule has 112 valence electrons. The first-order valence-electron chi connectivity index (χ1n) is 8.08. The molecule has 1 aliphatic rings. The Hall–Kier alpha value is -1.02. The number of ether oxygens (including phenoxy) is 1. The van der Waals surface area contributed by atoms with Crippen LogP contribution in [-0.4, -0.2) is 19.2 Å². The zero-order chi connectivity index (χ0) is 14.4. The molecule has 2 rings (SSSR count). The molecule has 1 saturated carbocycles. The molecule has 0 spiro atoms. The fraction of sp³-hybridized carbons (Fsp3) is 0.667. The molecule has 2 heteroatoms. The average molecular weight is 275 g/mol. The van der Waals surface area contributed by atoms with Crippen LogP contribution in [0.5, 0.6) is 5.75 Å². The Bertz CT molecular complexity index is 398. The number of hydrogen-bond acceptors (Lipinski definition) is 2. The van der Waals surface area contributed by atoms with E-state index in [1.54, 1.807) is 7.11 Å². The van der Waals surface area contributed by atoms with Crippen molar-refractivity contribution in [3.63, 3.8) is 0 Å². The summed E-state index contributed by atoms with van der Waals surface area (Å²) in [7, 11) is 1.75. The smallest absolute Gasteiger partial charge is 0.122 e. The van der Waals surface area contributed by atoms with Crippen LogP contribution in [0.2, 0.25) is 0 Å². The van der Waals surface area contributed by atoms with E-state index < -0.39 is 0 Å². The Kier molecular flexibility index (Phi) is 5.90. The number of methoxy groups -OCH3 is 1. The summed E-state index contributed by atoms with van der Waals surface area (Å²) < 4.78 is 5.44. The van der Waals surface area contributed by atoms with Crippen LogP contribution in [0.3, 0.4) is 0 Å². The summed E-state index contributed by atoms with van der Waals surface area (Å²) in [6.07, 6.45) is 8.08. The molecule has 1 aromatic rings. The molecule has 0 amide bonds. The van der Waals surface area contributed by atoms with E-state index in [9.17, 15) is 0 Å². The van der Waals surface area contributed by atoms with Crippen LogP contribution >= 0.6 is 0 Å². The second-order valence-electron chi connectivity index (χ2n) is 6.27. The minimum Gasteiger partial charge on any atom is -0.496 e. The van der Waals surface area contributed by atoms with Gasteiger partial charge in [0.05, 0.1) is 7.11 Å². The quantitative estimate of drug-likeness (QED) is 0.840. The number of nitrogens with one attached hydrogen (secondary N) is 1. The van der Waals surface area contributed by atoms with Gasteiger partial charge in [-0.3, -0.25) is 0 Å². The predicted octanol–water partition coefficient (Wildman–Crippen LogP) is 4.18. The van der Waals surface area contributed by atoms with Gasteiger partial charge < -0.3 is 10.1 Å². The lowest BCUT2D eigenvalue weighted by Crippen LogP contribution is -2.41. The number of hydrogen-bond donors (Lipinski definition) is 1. The summed E-state index contributed by atoms with van der Waals surface area (Å²) in [5.74, 6) is 1.87. The van der Waals surface area contributed by atoms with Gasteiger partial charge in [0.15, 0.2) is 0 Å². The van der Waals surface area contributed by atoms with E-state index in [0.29, 0.717) is 12.1 Å². The van der Waals surface area contributed by atoms with E-state index >= 15 is 0 Å². The molecule has 0 radical (unpaired) electrons. The lowest BCUT2D eigenvalue weighted by atomic mass is 9.84. The van der Waals surface area contributed by atoms with Crippen molar-refractivity contribution >= 4 is 0 Å². The molecule has 1 fully saturated rings. The zero-order valence-electron chi connectivity index (χ0n) is 13.2. The average Bonchev–Trinajstić information content (AvgIpc) is 2.48. The lowest BCUT2D eigenvalue weighted by Gasteiger charge is -2.31. The third-order valence-corrected chi connectivity index (χ3v) is 4.62. The predicted molar refractivity (Wildman–Crippen MR) is 85.3 cm³/mol. The molecule has 0 aromatic heterocycles. The van der Waals surface area contributed by atoms with Gasteiger partial charge in [0, 0.05) is 12.1 Å². The van der Waals surface area contributed by atoms with E-state index in [1.165, 1.54) is 37.7 Å². The Morgan fingerprint density at radius 3 is 2.55 bits per heavy atom. The SMILES string of the molecule is COc1ccccc1CC(C)NC(C)C1CCCCC1. The summed E-state index contributed by atoms with van der Waals surface area (Å²) >= 11 is 0. The maximum Gasteiger partial charge on any atom is 0.122 e. The summed E-state index contributed by atoms with van der Waals surface area (Å²) in [5.41, 5.74) is 1.30. The third-order valence-electron chi connectivity index (χ3n) is 4.62. The monoisotopic (exact) mass is 275 g/mol. The Morgan fingerprint density at radius 1 is 1.15 bits per heavy atom. The second-order valence-corrected chi connectivity index (χ2v) is 6.27. The highest BCUT2D eigenvalue weighted by Gasteiger charge is 2.21. The molecule has 0 bridgehead atoms. The first-order chi connectivity index (χ1) is 9.70. The highest BCUT2D eigenvalue weighted by molar-refractivity contribution is 5.33. The van der Waals surface area contributed by atoms with Gasteiger partial charge in [0.1, 0.15) is 5.75 Å². The second kappa shape index (κ2) is 7.68. The van der Waals surface area contributed by atoms with Crippen LogP contribution in [-0.2, 0) is 6.42 Å². The van der Waals surface area contributed by atoms with Crippen molar-refractivity contribution in [1.82, 2.24) is 5.32 Å². The fourth-order valence-electron chi connectivity index (χ4n) is 3.48. The van der Waals surface area contributed by atoms with Crippen molar-refractivity contribution in [2.24, 2.45) is 5.92 Å². The number of rotatable bonds is 6. The summed E-state index contributed by atoms with van der Waals surface area (Å²) in [6.45, 7) is 4.64. The van der Waals surface area contributed by atoms with Gasteiger partial charge in [-0.25, -0.2) is 0 Å². The summed E-state index contributed by atoms with van der Waals surface area (Å²) in [6, 6.07) is 9.46. The molecule has 0 heterocycles. The largest absolute Gasteiger partial charge is 0.496 e. The molecule has 1 aliphatic carbocycles. The number of para-hydroxylation sites is 1. The summed E-state index contributed by atoms with van der Waals surface area (Å²) in [5, 5.41) is 3.79. The number of benzene rings is 1. The van der Waals surface area contributed by atoms with Crippen LogP contribution < -0.4 is 10.1 Å². The Morgan fingerprint density at radius 2 is 1.85 bits per heavy atom. The zero-order valence-corrected chi connectivity index (χ0v) is 13.2. The first kappa shape index (κ1) is 15.4. The third kappa shape index (κ3) is 4.24. The molecule has 1 aromatic carbocycles. The highest BCUT2D eigenvalue weighted by Crippen LogP contribution is 2.27. The van der Waals surface area contributed by atoms with Crippen molar-refractivity contribution in [2.45, 2.75) is 64.5 Å². The van der Waals surface area contributed by atoms with Gasteiger partial charge in [-0.2, -0.15) is 0 Å². The molecule has 0 saturated heterocycles. The molecule has 20 heavy (non-hydrogen) atoms. The lowest BCUT2D eigenvalue weighted by molar-refractivity contribution is 0.266. The van der Waals surface area contributed by atoms with E-state index in [2.05, 4.69) is 31.3 Å².